The van der Waals surface area contributed by atoms with E-state index >= 15 is 0 Å². The zero-order valence-electron chi connectivity index (χ0n) is 37.0. The first-order valence-corrected chi connectivity index (χ1v) is 25.9. The van der Waals surface area contributed by atoms with Gasteiger partial charge in [0.25, 0.3) is 20.2 Å². The highest BCUT2D eigenvalue weighted by Crippen LogP contribution is 2.43. The Morgan fingerprint density at radius 2 is 1.00 bits per heavy atom. The van der Waals surface area contributed by atoms with Crippen molar-refractivity contribution in [2.75, 3.05) is 0 Å². The number of hydrogen-bond acceptors (Lipinski definition) is 8. The zero-order valence-corrected chi connectivity index (χ0v) is 39.5. The second-order valence-corrected chi connectivity index (χ2v) is 21.4. The summed E-state index contributed by atoms with van der Waals surface area (Å²) in [6, 6.07) is 37.3. The van der Waals surface area contributed by atoms with Crippen molar-refractivity contribution in [2.45, 2.75) is 117 Å². The van der Waals surface area contributed by atoms with Crippen molar-refractivity contribution in [1.29, 1.82) is 0 Å². The van der Waals surface area contributed by atoms with Crippen LogP contribution in [0.15, 0.2) is 153 Å². The van der Waals surface area contributed by atoms with Gasteiger partial charge in [-0.05, 0) is 127 Å². The highest BCUT2D eigenvalue weighted by Gasteiger charge is 2.33. The summed E-state index contributed by atoms with van der Waals surface area (Å²) in [5, 5.41) is 0. The molecular weight excluding hydrogens is 869 g/mol. The van der Waals surface area contributed by atoms with Crippen molar-refractivity contribution in [3.05, 3.63) is 139 Å². The number of sulfone groups is 1. The van der Waals surface area contributed by atoms with Gasteiger partial charge in [-0.3, -0.25) is 9.11 Å². The van der Waals surface area contributed by atoms with E-state index < -0.39 is 55.1 Å². The molecule has 64 heavy (non-hydrogen) atoms. The third kappa shape index (κ3) is 10.6. The molecule has 2 atom stereocenters. The molecule has 338 valence electrons. The summed E-state index contributed by atoms with van der Waals surface area (Å²) in [5.41, 5.74) is 4.15. The molecule has 0 radical (unpaired) electrons. The Kier molecular flexibility index (Phi) is 14.6. The molecule has 0 saturated carbocycles. The summed E-state index contributed by atoms with van der Waals surface area (Å²) in [6.45, 7) is 12.1. The molecule has 0 heterocycles. The summed E-state index contributed by atoms with van der Waals surface area (Å²) in [4.78, 5) is -2.44. The van der Waals surface area contributed by atoms with E-state index in [0.717, 1.165) is 83.5 Å². The molecule has 0 amide bonds. The molecule has 0 aliphatic rings. The van der Waals surface area contributed by atoms with E-state index in [9.17, 15) is 34.4 Å². The molecule has 6 aromatic carbocycles. The maximum Gasteiger partial charge on any atom is 0.298 e. The Morgan fingerprint density at radius 3 is 1.50 bits per heavy atom. The molecule has 6 aromatic rings. The molecule has 0 fully saturated rings. The summed E-state index contributed by atoms with van der Waals surface area (Å²) in [6.07, 6.45) is 5.65. The Hall–Kier alpha value is -5.31. The topological polar surface area (TPSA) is 161 Å². The molecular formula is C51H56O10S3. The fraction of sp³-hybridized carbons (Fsp3) is 0.294. The Bertz CT molecular complexity index is 2950. The average Bonchev–Trinajstić information content (AvgIpc) is 3.28. The average molecular weight is 925 g/mol. The lowest BCUT2D eigenvalue weighted by atomic mass is 9.76. The van der Waals surface area contributed by atoms with Gasteiger partial charge < -0.3 is 9.47 Å². The molecule has 0 bridgehead atoms. The molecule has 10 nitrogen and oxygen atoms in total. The van der Waals surface area contributed by atoms with Gasteiger partial charge in [-0.25, -0.2) is 8.42 Å². The minimum absolute atomic E-state index is 0.216. The molecule has 13 heteroatoms. The second-order valence-electron chi connectivity index (χ2n) is 16.6. The third-order valence-corrected chi connectivity index (χ3v) is 15.6. The van der Waals surface area contributed by atoms with E-state index in [2.05, 4.69) is 26.8 Å². The van der Waals surface area contributed by atoms with E-state index in [4.69, 9.17) is 9.47 Å². The zero-order chi connectivity index (χ0) is 46.5. The van der Waals surface area contributed by atoms with Crippen LogP contribution in [-0.4, -0.2) is 40.0 Å². The summed E-state index contributed by atoms with van der Waals surface area (Å²) < 4.78 is 113. The van der Waals surface area contributed by atoms with Crippen molar-refractivity contribution in [3.8, 4) is 50.6 Å². The number of ether oxygens (including phenoxy) is 2. The molecule has 6 rings (SSSR count). The molecule has 0 saturated heterocycles. The van der Waals surface area contributed by atoms with Crippen LogP contribution in [0.1, 0.15) is 92.1 Å². The van der Waals surface area contributed by atoms with Gasteiger partial charge in [0.2, 0.25) is 9.84 Å². The van der Waals surface area contributed by atoms with E-state index in [0.29, 0.717) is 24.8 Å². The van der Waals surface area contributed by atoms with Crippen LogP contribution in [0.5, 0.6) is 17.2 Å². The van der Waals surface area contributed by atoms with Gasteiger partial charge >= 0.3 is 0 Å². The van der Waals surface area contributed by atoms with Crippen molar-refractivity contribution >= 4 is 30.1 Å². The van der Waals surface area contributed by atoms with E-state index in [1.165, 1.54) is 12.1 Å². The van der Waals surface area contributed by atoms with Crippen LogP contribution in [0.3, 0.4) is 0 Å². The fourth-order valence-corrected chi connectivity index (χ4v) is 11.0. The molecule has 2 unspecified atom stereocenters. The maximum absolute atomic E-state index is 14.1. The fourth-order valence-electron chi connectivity index (χ4n) is 8.03. The van der Waals surface area contributed by atoms with Gasteiger partial charge in [0.15, 0.2) is 0 Å². The third-order valence-electron chi connectivity index (χ3n) is 12.1. The lowest BCUT2D eigenvalue weighted by Gasteiger charge is -2.31. The van der Waals surface area contributed by atoms with Gasteiger partial charge in [-0.2, -0.15) is 16.8 Å². The van der Waals surface area contributed by atoms with Crippen molar-refractivity contribution in [1.82, 2.24) is 0 Å². The lowest BCUT2D eigenvalue weighted by Crippen LogP contribution is -2.31. The van der Waals surface area contributed by atoms with Gasteiger partial charge in [-0.15, -0.1) is 0 Å². The minimum atomic E-state index is -5.11. The minimum Gasteiger partial charge on any atom is -0.487 e. The van der Waals surface area contributed by atoms with Gasteiger partial charge in [0.1, 0.15) is 27.7 Å². The predicted molar refractivity (Wildman–Crippen MR) is 252 cm³/mol. The van der Waals surface area contributed by atoms with E-state index in [1.54, 1.807) is 6.07 Å². The largest absolute Gasteiger partial charge is 0.487 e. The quantitative estimate of drug-likeness (QED) is 0.0748. The van der Waals surface area contributed by atoms with Crippen LogP contribution in [0.2, 0.25) is 0 Å². The highest BCUT2D eigenvalue weighted by molar-refractivity contribution is 7.91. The van der Waals surface area contributed by atoms with Crippen LogP contribution < -0.4 is 9.47 Å². The van der Waals surface area contributed by atoms with Crippen LogP contribution in [0.4, 0.5) is 0 Å². The number of rotatable bonds is 19. The monoisotopic (exact) mass is 924 g/mol. The van der Waals surface area contributed by atoms with Crippen LogP contribution in [0.25, 0.3) is 33.4 Å². The van der Waals surface area contributed by atoms with Crippen molar-refractivity contribution < 1.29 is 43.8 Å². The molecule has 2 N–H and O–H groups in total. The first-order valence-electron chi connectivity index (χ1n) is 21.5. The Morgan fingerprint density at radius 1 is 0.500 bits per heavy atom. The molecule has 0 aromatic heterocycles. The summed E-state index contributed by atoms with van der Waals surface area (Å²) in [5.74, 6) is 0.630. The number of benzene rings is 6. The van der Waals surface area contributed by atoms with Gasteiger partial charge in [0.05, 0.1) is 14.7 Å². The Balaban J connectivity index is 1.43. The van der Waals surface area contributed by atoms with Crippen LogP contribution in [0, 0.1) is 0 Å². The SMILES string of the molecule is CCCCC(C)(CC)Oc1ccc(-c2ccc(Oc3ccc(S(=O)(=O)c4ccc(C(C)(CC)CCC)c(S(=O)(=O)O)c4)cc3S(=O)(=O)O)c(-c3ccccc3)c2)cc1-c1ccccc1. The first kappa shape index (κ1) is 48.2. The van der Waals surface area contributed by atoms with Crippen molar-refractivity contribution in [3.63, 3.8) is 0 Å². The normalized spacial score (nSPS) is 14.1. The summed E-state index contributed by atoms with van der Waals surface area (Å²) in [7, 11) is -14.6. The molecule has 0 aliphatic carbocycles. The van der Waals surface area contributed by atoms with Gasteiger partial charge in [-0.1, -0.05) is 126 Å². The highest BCUT2D eigenvalue weighted by atomic mass is 32.2. The van der Waals surface area contributed by atoms with E-state index in [1.807, 2.05) is 106 Å². The molecule has 0 aliphatic heterocycles. The Labute approximate surface area is 378 Å². The number of unbranched alkanes of at least 4 members (excludes halogenated alkanes) is 1. The van der Waals surface area contributed by atoms with E-state index in [-0.39, 0.29) is 22.7 Å². The van der Waals surface area contributed by atoms with Crippen LogP contribution in [-0.2, 0) is 35.5 Å². The predicted octanol–water partition coefficient (Wildman–Crippen LogP) is 13.0. The molecule has 0 spiro atoms. The standard InChI is InChI=1S/C51H56O10S3/c1-7-11-31-51(6,10-4)61-46-28-23-39(33-43(46)37-20-16-13-17-21-37)38-22-27-45(42(32-38)36-18-14-12-15-19-36)60-47-29-25-41(35-49(47)64(57,58)59)62(52,53)40-24-26-44(48(34-40)63(54,55)56)50(5,9-3)30-8-2/h12-29,32-35H,7-11,30-31H2,1-6H3,(H,54,55,56)(H,57,58,59). The van der Waals surface area contributed by atoms with Crippen LogP contribution >= 0.6 is 0 Å². The second kappa shape index (κ2) is 19.4. The summed E-state index contributed by atoms with van der Waals surface area (Å²) >= 11 is 0. The lowest BCUT2D eigenvalue weighted by molar-refractivity contribution is 0.0731. The first-order chi connectivity index (χ1) is 30.3. The maximum atomic E-state index is 14.1. The van der Waals surface area contributed by atoms with Crippen molar-refractivity contribution in [2.24, 2.45) is 0 Å². The number of hydrogen-bond donors (Lipinski definition) is 2. The smallest absolute Gasteiger partial charge is 0.298 e. The van der Waals surface area contributed by atoms with Gasteiger partial charge in [0, 0.05) is 11.1 Å².